The van der Waals surface area contributed by atoms with Gasteiger partial charge in [-0.25, -0.2) is 0 Å². The van der Waals surface area contributed by atoms with Crippen molar-refractivity contribution in [2.45, 2.75) is 37.4 Å². The van der Waals surface area contributed by atoms with Gasteiger partial charge >= 0.3 is 6.18 Å². The summed E-state index contributed by atoms with van der Waals surface area (Å²) in [7, 11) is 1.84. The lowest BCUT2D eigenvalue weighted by Crippen LogP contribution is -2.43. The van der Waals surface area contributed by atoms with Crippen molar-refractivity contribution in [2.24, 2.45) is 13.0 Å². The minimum atomic E-state index is -4.69. The highest BCUT2D eigenvalue weighted by Gasteiger charge is 2.47. The standard InChI is InChI=1S/C25H20F3N5O2/c1-32-14-30-31-22(32)10-24(8-16(9-24)11-29)17-3-2-4-18(7-17)33-12-20-19(23(33)35)5-15(13-34)6-21(20)25(26,27)28/h2-7,13-14,16H,8-10,12H2,1H3/t16-,24-. The molecule has 2 heterocycles. The zero-order chi connectivity index (χ0) is 25.0. The zero-order valence-electron chi connectivity index (χ0n) is 18.7. The third kappa shape index (κ3) is 3.77. The van der Waals surface area contributed by atoms with E-state index in [0.717, 1.165) is 17.5 Å². The molecule has 0 N–H and O–H groups in total. The summed E-state index contributed by atoms with van der Waals surface area (Å²) in [6.45, 7) is -0.247. The number of aromatic nitrogens is 3. The maximum Gasteiger partial charge on any atom is 0.416 e. The van der Waals surface area contributed by atoms with Crippen LogP contribution in [0.3, 0.4) is 0 Å². The van der Waals surface area contributed by atoms with Gasteiger partial charge in [-0.15, -0.1) is 10.2 Å². The number of nitriles is 1. The number of halogens is 3. The molecule has 0 atom stereocenters. The SMILES string of the molecule is Cn1cnnc1C[C@]1(c2cccc(N3Cc4c(cc(C=O)cc4C(F)(F)F)C3=O)c2)C[C@H](C#N)C1. The lowest BCUT2D eigenvalue weighted by Gasteiger charge is -2.45. The maximum absolute atomic E-state index is 13.7. The summed E-state index contributed by atoms with van der Waals surface area (Å²) in [6, 6.07) is 11.5. The number of hydrogen-bond donors (Lipinski definition) is 0. The van der Waals surface area contributed by atoms with Gasteiger partial charge in [0.2, 0.25) is 0 Å². The minimum Gasteiger partial charge on any atom is -0.321 e. The van der Waals surface area contributed by atoms with Gasteiger partial charge in [0, 0.05) is 41.6 Å². The maximum atomic E-state index is 13.7. The summed E-state index contributed by atoms with van der Waals surface area (Å²) in [4.78, 5) is 25.7. The van der Waals surface area contributed by atoms with Crippen molar-refractivity contribution in [3.63, 3.8) is 0 Å². The van der Waals surface area contributed by atoms with Gasteiger partial charge in [-0.1, -0.05) is 12.1 Å². The minimum absolute atomic E-state index is 0.110. The van der Waals surface area contributed by atoms with Gasteiger partial charge < -0.3 is 9.47 Å². The summed E-state index contributed by atoms with van der Waals surface area (Å²) in [5, 5.41) is 17.5. The van der Waals surface area contributed by atoms with Crippen molar-refractivity contribution in [3.8, 4) is 6.07 Å². The fourth-order valence-electron chi connectivity index (χ4n) is 5.19. The van der Waals surface area contributed by atoms with E-state index in [9.17, 15) is 28.0 Å². The normalized spacial score (nSPS) is 21.4. The molecule has 2 aliphatic rings. The van der Waals surface area contributed by atoms with Crippen LogP contribution in [0.15, 0.2) is 42.7 Å². The van der Waals surface area contributed by atoms with Crippen LogP contribution >= 0.6 is 0 Å². The molecule has 5 rings (SSSR count). The molecule has 0 unspecified atom stereocenters. The van der Waals surface area contributed by atoms with Crippen molar-refractivity contribution in [1.82, 2.24) is 14.8 Å². The van der Waals surface area contributed by atoms with Crippen LogP contribution in [0.4, 0.5) is 18.9 Å². The van der Waals surface area contributed by atoms with Crippen LogP contribution in [-0.2, 0) is 31.6 Å². The first-order valence-electron chi connectivity index (χ1n) is 11.0. The number of carbonyl (C=O) groups excluding carboxylic acids is 2. The van der Waals surface area contributed by atoms with Gasteiger partial charge in [-0.2, -0.15) is 18.4 Å². The second kappa shape index (κ2) is 8.05. The smallest absolute Gasteiger partial charge is 0.321 e. The molecule has 2 aromatic carbocycles. The van der Waals surface area contributed by atoms with Gasteiger partial charge in [0.05, 0.1) is 18.2 Å². The van der Waals surface area contributed by atoms with E-state index in [1.54, 1.807) is 18.5 Å². The molecule has 0 saturated heterocycles. The average molecular weight is 479 g/mol. The first-order valence-corrected chi connectivity index (χ1v) is 11.0. The van der Waals surface area contributed by atoms with E-state index in [1.165, 1.54) is 11.0 Å². The molecule has 1 saturated carbocycles. The number of nitrogens with zero attached hydrogens (tertiary/aromatic N) is 5. The van der Waals surface area contributed by atoms with E-state index < -0.39 is 23.1 Å². The molecule has 1 amide bonds. The quantitative estimate of drug-likeness (QED) is 0.511. The Labute approximate surface area is 198 Å². The molecule has 1 aromatic heterocycles. The van der Waals surface area contributed by atoms with Crippen LogP contribution in [0.1, 0.15) is 56.1 Å². The van der Waals surface area contributed by atoms with E-state index in [2.05, 4.69) is 16.3 Å². The number of carbonyl (C=O) groups is 2. The Kier molecular flexibility index (Phi) is 5.24. The van der Waals surface area contributed by atoms with Gasteiger partial charge in [-0.05, 0) is 48.2 Å². The fraction of sp³-hybridized carbons (Fsp3) is 0.320. The molecule has 0 spiro atoms. The molecule has 1 aliphatic heterocycles. The largest absolute Gasteiger partial charge is 0.416 e. The highest BCUT2D eigenvalue weighted by atomic mass is 19.4. The monoisotopic (exact) mass is 479 g/mol. The number of aldehydes is 1. The van der Waals surface area contributed by atoms with Gasteiger partial charge in [0.1, 0.15) is 18.4 Å². The third-order valence-corrected chi connectivity index (χ3v) is 7.03. The Bertz CT molecular complexity index is 1380. The van der Waals surface area contributed by atoms with Gasteiger partial charge in [-0.3, -0.25) is 9.59 Å². The molecule has 178 valence electrons. The molecule has 1 fully saturated rings. The Balaban J connectivity index is 1.52. The van der Waals surface area contributed by atoms with Crippen molar-refractivity contribution < 1.29 is 22.8 Å². The first kappa shape index (κ1) is 22.8. The first-order chi connectivity index (χ1) is 16.6. The lowest BCUT2D eigenvalue weighted by molar-refractivity contribution is -0.138. The number of amides is 1. The molecule has 35 heavy (non-hydrogen) atoms. The van der Waals surface area contributed by atoms with E-state index in [-0.39, 0.29) is 29.2 Å². The van der Waals surface area contributed by atoms with Crippen LogP contribution < -0.4 is 4.90 Å². The molecule has 1 aliphatic carbocycles. The molecule has 7 nitrogen and oxygen atoms in total. The second-order valence-electron chi connectivity index (χ2n) is 9.20. The van der Waals surface area contributed by atoms with Crippen molar-refractivity contribution in [2.75, 3.05) is 4.90 Å². The van der Waals surface area contributed by atoms with E-state index in [0.29, 0.717) is 31.2 Å². The number of aryl methyl sites for hydroxylation is 1. The van der Waals surface area contributed by atoms with Crippen LogP contribution in [-0.4, -0.2) is 27.0 Å². The Hall–Kier alpha value is -4.00. The highest BCUT2D eigenvalue weighted by Crippen LogP contribution is 2.50. The Morgan fingerprint density at radius 1 is 1.26 bits per heavy atom. The zero-order valence-corrected chi connectivity index (χ0v) is 18.7. The van der Waals surface area contributed by atoms with Crippen LogP contribution in [0.25, 0.3) is 0 Å². The lowest BCUT2D eigenvalue weighted by atomic mass is 9.57. The molecule has 0 radical (unpaired) electrons. The fourth-order valence-corrected chi connectivity index (χ4v) is 5.19. The Morgan fingerprint density at radius 2 is 2.03 bits per heavy atom. The third-order valence-electron chi connectivity index (χ3n) is 7.03. The van der Waals surface area contributed by atoms with Crippen molar-refractivity contribution in [1.29, 1.82) is 5.26 Å². The number of alkyl halides is 3. The van der Waals surface area contributed by atoms with Crippen LogP contribution in [0, 0.1) is 17.2 Å². The van der Waals surface area contributed by atoms with Gasteiger partial charge in [0.15, 0.2) is 0 Å². The summed E-state index contributed by atoms with van der Waals surface area (Å²) < 4.78 is 42.9. The van der Waals surface area contributed by atoms with Crippen molar-refractivity contribution >= 4 is 17.9 Å². The molecular weight excluding hydrogens is 459 g/mol. The summed E-state index contributed by atoms with van der Waals surface area (Å²) in [6.07, 6.45) is -1.03. The molecule has 3 aromatic rings. The van der Waals surface area contributed by atoms with Crippen LogP contribution in [0.5, 0.6) is 0 Å². The molecule has 0 bridgehead atoms. The highest BCUT2D eigenvalue weighted by molar-refractivity contribution is 6.11. The number of anilines is 1. The topological polar surface area (TPSA) is 91.9 Å². The Morgan fingerprint density at radius 3 is 2.66 bits per heavy atom. The number of rotatable bonds is 5. The van der Waals surface area contributed by atoms with Crippen LogP contribution in [0.2, 0.25) is 0 Å². The van der Waals surface area contributed by atoms with Crippen molar-refractivity contribution in [3.05, 3.63) is 76.4 Å². The van der Waals surface area contributed by atoms with Gasteiger partial charge in [0.25, 0.3) is 5.91 Å². The summed E-state index contributed by atoms with van der Waals surface area (Å²) in [5.74, 6) is 0.0607. The van der Waals surface area contributed by atoms with E-state index >= 15 is 0 Å². The molecular formula is C25H20F3N5O2. The number of fused-ring (bicyclic) bond motifs is 1. The second-order valence-corrected chi connectivity index (χ2v) is 9.20. The summed E-state index contributed by atoms with van der Waals surface area (Å²) in [5.41, 5.74) is -0.470. The number of hydrogen-bond acceptors (Lipinski definition) is 5. The predicted octanol–water partition coefficient (Wildman–Crippen LogP) is 4.22. The number of benzene rings is 2. The van der Waals surface area contributed by atoms with E-state index in [1.807, 2.05) is 23.7 Å². The molecule has 10 heteroatoms. The summed E-state index contributed by atoms with van der Waals surface area (Å²) >= 11 is 0. The van der Waals surface area contributed by atoms with E-state index in [4.69, 9.17) is 0 Å². The average Bonchev–Trinajstić information content (AvgIpc) is 3.37. The predicted molar refractivity (Wildman–Crippen MR) is 119 cm³/mol.